The molecule has 0 saturated carbocycles. The van der Waals surface area contributed by atoms with E-state index >= 15 is 0 Å². The standard InChI is InChI=1S/C11H24IN/c1-8(2)5-11(12)6-9(3)10(4)7-13/h8-11H,5-7,13H2,1-4H3. The molecule has 0 radical (unpaired) electrons. The molecular formula is C11H24IN. The maximum Gasteiger partial charge on any atom is 0.0115 e. The highest BCUT2D eigenvalue weighted by atomic mass is 127. The third kappa shape index (κ3) is 6.72. The van der Waals surface area contributed by atoms with Crippen molar-refractivity contribution in [3.8, 4) is 0 Å². The minimum Gasteiger partial charge on any atom is -0.330 e. The largest absolute Gasteiger partial charge is 0.330 e. The molecule has 1 nitrogen and oxygen atoms in total. The highest BCUT2D eigenvalue weighted by Gasteiger charge is 2.15. The molecule has 0 amide bonds. The topological polar surface area (TPSA) is 26.0 Å². The molecule has 0 aromatic carbocycles. The van der Waals surface area contributed by atoms with Gasteiger partial charge in [-0.1, -0.05) is 50.3 Å². The minimum atomic E-state index is 0.671. The molecule has 0 rings (SSSR count). The quantitative estimate of drug-likeness (QED) is 0.590. The Bertz CT molecular complexity index is 125. The first-order valence-electron chi connectivity index (χ1n) is 5.31. The molecule has 0 aliphatic carbocycles. The van der Waals surface area contributed by atoms with Crippen LogP contribution in [-0.2, 0) is 0 Å². The van der Waals surface area contributed by atoms with Crippen LogP contribution in [0.15, 0.2) is 0 Å². The molecule has 0 saturated heterocycles. The van der Waals surface area contributed by atoms with Crippen LogP contribution in [0.25, 0.3) is 0 Å². The lowest BCUT2D eigenvalue weighted by molar-refractivity contribution is 0.360. The van der Waals surface area contributed by atoms with Gasteiger partial charge in [0.2, 0.25) is 0 Å². The van der Waals surface area contributed by atoms with Gasteiger partial charge in [0, 0.05) is 3.92 Å². The zero-order valence-electron chi connectivity index (χ0n) is 9.39. The van der Waals surface area contributed by atoms with E-state index in [1.165, 1.54) is 12.8 Å². The van der Waals surface area contributed by atoms with Crippen molar-refractivity contribution in [3.63, 3.8) is 0 Å². The summed E-state index contributed by atoms with van der Waals surface area (Å²) in [6, 6.07) is 0. The summed E-state index contributed by atoms with van der Waals surface area (Å²) in [4.78, 5) is 0. The predicted octanol–water partition coefficient (Wildman–Crippen LogP) is 3.46. The summed E-state index contributed by atoms with van der Waals surface area (Å²) in [5, 5.41) is 0. The van der Waals surface area contributed by atoms with Gasteiger partial charge in [0.25, 0.3) is 0 Å². The van der Waals surface area contributed by atoms with Crippen molar-refractivity contribution in [1.82, 2.24) is 0 Å². The van der Waals surface area contributed by atoms with E-state index in [4.69, 9.17) is 5.73 Å². The lowest BCUT2D eigenvalue weighted by Crippen LogP contribution is -2.21. The van der Waals surface area contributed by atoms with E-state index in [2.05, 4.69) is 50.3 Å². The van der Waals surface area contributed by atoms with Crippen molar-refractivity contribution >= 4 is 22.6 Å². The summed E-state index contributed by atoms with van der Waals surface area (Å²) in [6.07, 6.45) is 2.65. The van der Waals surface area contributed by atoms with Crippen LogP contribution >= 0.6 is 22.6 Å². The fourth-order valence-corrected chi connectivity index (χ4v) is 3.29. The van der Waals surface area contributed by atoms with Crippen molar-refractivity contribution in [2.45, 2.75) is 44.5 Å². The molecule has 0 aromatic heterocycles. The fraction of sp³-hybridized carbons (Fsp3) is 1.00. The van der Waals surface area contributed by atoms with Gasteiger partial charge in [-0.15, -0.1) is 0 Å². The van der Waals surface area contributed by atoms with E-state index in [-0.39, 0.29) is 0 Å². The Morgan fingerprint density at radius 3 is 1.92 bits per heavy atom. The van der Waals surface area contributed by atoms with Crippen molar-refractivity contribution < 1.29 is 0 Å². The Morgan fingerprint density at radius 2 is 1.54 bits per heavy atom. The molecule has 2 N–H and O–H groups in total. The molecule has 3 atom stereocenters. The monoisotopic (exact) mass is 297 g/mol. The van der Waals surface area contributed by atoms with Gasteiger partial charge in [0.15, 0.2) is 0 Å². The van der Waals surface area contributed by atoms with Crippen LogP contribution in [-0.4, -0.2) is 10.5 Å². The van der Waals surface area contributed by atoms with E-state index < -0.39 is 0 Å². The molecule has 0 spiro atoms. The van der Waals surface area contributed by atoms with Crippen LogP contribution in [0.3, 0.4) is 0 Å². The van der Waals surface area contributed by atoms with Gasteiger partial charge in [0.05, 0.1) is 0 Å². The Kier molecular flexibility index (Phi) is 7.42. The number of nitrogens with two attached hydrogens (primary N) is 1. The Labute approximate surface area is 97.0 Å². The van der Waals surface area contributed by atoms with Gasteiger partial charge in [-0.05, 0) is 37.1 Å². The van der Waals surface area contributed by atoms with Gasteiger partial charge < -0.3 is 5.73 Å². The fourth-order valence-electron chi connectivity index (χ4n) is 1.48. The third-order valence-corrected chi connectivity index (χ3v) is 3.71. The maximum absolute atomic E-state index is 5.65. The van der Waals surface area contributed by atoms with Crippen LogP contribution in [0.5, 0.6) is 0 Å². The smallest absolute Gasteiger partial charge is 0.0115 e. The summed E-state index contributed by atoms with van der Waals surface area (Å²) < 4.78 is 0.821. The van der Waals surface area contributed by atoms with Crippen LogP contribution in [0.1, 0.15) is 40.5 Å². The maximum atomic E-state index is 5.65. The third-order valence-electron chi connectivity index (χ3n) is 2.70. The number of alkyl halides is 1. The van der Waals surface area contributed by atoms with E-state index in [0.29, 0.717) is 5.92 Å². The molecule has 80 valence electrons. The highest BCUT2D eigenvalue weighted by molar-refractivity contribution is 14.1. The van der Waals surface area contributed by atoms with Crippen molar-refractivity contribution in [2.24, 2.45) is 23.5 Å². The molecular weight excluding hydrogens is 273 g/mol. The normalized spacial score (nSPS) is 18.7. The summed E-state index contributed by atoms with van der Waals surface area (Å²) in [7, 11) is 0. The van der Waals surface area contributed by atoms with Crippen molar-refractivity contribution in [1.29, 1.82) is 0 Å². The molecule has 2 heteroatoms. The zero-order valence-corrected chi connectivity index (χ0v) is 11.5. The lowest BCUT2D eigenvalue weighted by atomic mass is 9.90. The molecule has 0 fully saturated rings. The van der Waals surface area contributed by atoms with Gasteiger partial charge in [-0.3, -0.25) is 0 Å². The van der Waals surface area contributed by atoms with Crippen LogP contribution in [0, 0.1) is 17.8 Å². The number of rotatable bonds is 6. The zero-order chi connectivity index (χ0) is 10.4. The van der Waals surface area contributed by atoms with E-state index in [1.807, 2.05) is 0 Å². The number of halogens is 1. The SMILES string of the molecule is CC(C)CC(I)CC(C)C(C)CN. The van der Waals surface area contributed by atoms with Crippen LogP contribution in [0.2, 0.25) is 0 Å². The molecule has 0 heterocycles. The lowest BCUT2D eigenvalue weighted by Gasteiger charge is -2.22. The molecule has 0 aromatic rings. The van der Waals surface area contributed by atoms with Crippen LogP contribution in [0.4, 0.5) is 0 Å². The van der Waals surface area contributed by atoms with E-state index in [9.17, 15) is 0 Å². The second kappa shape index (κ2) is 7.04. The summed E-state index contributed by atoms with van der Waals surface area (Å²) >= 11 is 2.58. The molecule has 3 unspecified atom stereocenters. The molecule has 0 bridgehead atoms. The summed E-state index contributed by atoms with van der Waals surface area (Å²) in [6.45, 7) is 9.99. The van der Waals surface area contributed by atoms with Crippen molar-refractivity contribution in [3.05, 3.63) is 0 Å². The summed E-state index contributed by atoms with van der Waals surface area (Å²) in [5.74, 6) is 2.26. The predicted molar refractivity (Wildman–Crippen MR) is 69.3 cm³/mol. The Morgan fingerprint density at radius 1 is 1.00 bits per heavy atom. The second-order valence-electron chi connectivity index (χ2n) is 4.65. The van der Waals surface area contributed by atoms with Gasteiger partial charge >= 0.3 is 0 Å². The number of hydrogen-bond acceptors (Lipinski definition) is 1. The average molecular weight is 297 g/mol. The summed E-state index contributed by atoms with van der Waals surface area (Å²) in [5.41, 5.74) is 5.65. The number of hydrogen-bond donors (Lipinski definition) is 1. The van der Waals surface area contributed by atoms with E-state index in [0.717, 1.165) is 22.3 Å². The van der Waals surface area contributed by atoms with Crippen molar-refractivity contribution in [2.75, 3.05) is 6.54 Å². The minimum absolute atomic E-state index is 0.671. The Balaban J connectivity index is 3.70. The van der Waals surface area contributed by atoms with Gasteiger partial charge in [0.1, 0.15) is 0 Å². The highest BCUT2D eigenvalue weighted by Crippen LogP contribution is 2.24. The van der Waals surface area contributed by atoms with E-state index in [1.54, 1.807) is 0 Å². The molecule has 0 aliphatic heterocycles. The first-order chi connectivity index (χ1) is 5.97. The first-order valence-corrected chi connectivity index (χ1v) is 6.56. The second-order valence-corrected chi connectivity index (χ2v) is 6.41. The first kappa shape index (κ1) is 13.7. The van der Waals surface area contributed by atoms with Crippen LogP contribution < -0.4 is 5.73 Å². The van der Waals surface area contributed by atoms with Gasteiger partial charge in [-0.2, -0.15) is 0 Å². The average Bonchev–Trinajstić information content (AvgIpc) is 2.01. The molecule has 0 aliphatic rings. The Hall–Kier alpha value is 0.690. The van der Waals surface area contributed by atoms with Gasteiger partial charge in [-0.25, -0.2) is 0 Å². The molecule has 13 heavy (non-hydrogen) atoms.